The molecular formula is C15H13F3N2O3S. The highest BCUT2D eigenvalue weighted by molar-refractivity contribution is 7.20. The summed E-state index contributed by atoms with van der Waals surface area (Å²) < 4.78 is 38.2. The van der Waals surface area contributed by atoms with Gasteiger partial charge >= 0.3 is 12.1 Å². The number of aryl methyl sites for hydroxylation is 1. The van der Waals surface area contributed by atoms with Crippen LogP contribution in [0.25, 0.3) is 10.2 Å². The fourth-order valence-electron chi connectivity index (χ4n) is 2.67. The van der Waals surface area contributed by atoms with Gasteiger partial charge in [-0.3, -0.25) is 4.79 Å². The minimum Gasteiger partial charge on any atom is -0.480 e. The average molecular weight is 358 g/mol. The van der Waals surface area contributed by atoms with Crippen molar-refractivity contribution in [2.24, 2.45) is 0 Å². The van der Waals surface area contributed by atoms with Gasteiger partial charge in [-0.15, -0.1) is 11.3 Å². The van der Waals surface area contributed by atoms with E-state index in [2.05, 4.69) is 10.3 Å². The molecule has 1 amide bonds. The number of carbonyl (C=O) groups excluding carboxylic acids is 1. The maximum Gasteiger partial charge on any atom is 0.433 e. The standard InChI is InChI=1S/C15H13F3N2O3S/c1-7-8-3-4-9(15(16,17)18)19-12(8)24-10(7)11(21)20-14(13(22)23)5-2-6-14/h3-4H,2,5-6H2,1H3,(H,20,21)(H,22,23). The molecule has 0 atom stereocenters. The summed E-state index contributed by atoms with van der Waals surface area (Å²) in [6.07, 6.45) is -3.18. The van der Waals surface area contributed by atoms with Gasteiger partial charge in [-0.05, 0) is 43.9 Å². The maximum absolute atomic E-state index is 12.7. The van der Waals surface area contributed by atoms with Gasteiger partial charge in [0.25, 0.3) is 5.91 Å². The maximum atomic E-state index is 12.7. The Kier molecular flexibility index (Phi) is 3.78. The first-order chi connectivity index (χ1) is 11.1. The molecule has 1 aliphatic carbocycles. The lowest BCUT2D eigenvalue weighted by Gasteiger charge is -2.38. The first-order valence-corrected chi connectivity index (χ1v) is 7.99. The number of pyridine rings is 1. The Morgan fingerprint density at radius 2 is 2.00 bits per heavy atom. The van der Waals surface area contributed by atoms with Crippen molar-refractivity contribution in [3.63, 3.8) is 0 Å². The van der Waals surface area contributed by atoms with E-state index in [1.54, 1.807) is 6.92 Å². The summed E-state index contributed by atoms with van der Waals surface area (Å²) in [7, 11) is 0. The Morgan fingerprint density at radius 1 is 1.33 bits per heavy atom. The predicted octanol–water partition coefficient (Wildman–Crippen LogP) is 3.36. The number of aromatic nitrogens is 1. The predicted molar refractivity (Wildman–Crippen MR) is 81.0 cm³/mol. The topological polar surface area (TPSA) is 79.3 Å². The summed E-state index contributed by atoms with van der Waals surface area (Å²) in [6.45, 7) is 1.61. The number of hydrogen-bond donors (Lipinski definition) is 2. The first-order valence-electron chi connectivity index (χ1n) is 7.17. The zero-order valence-electron chi connectivity index (χ0n) is 12.5. The minimum absolute atomic E-state index is 0.102. The number of alkyl halides is 3. The molecule has 1 fully saturated rings. The normalized spacial score (nSPS) is 16.7. The Morgan fingerprint density at radius 3 is 2.50 bits per heavy atom. The third-order valence-corrected chi connectivity index (χ3v) is 5.47. The minimum atomic E-state index is -4.56. The van der Waals surface area contributed by atoms with Crippen LogP contribution in [0.15, 0.2) is 12.1 Å². The van der Waals surface area contributed by atoms with Crippen molar-refractivity contribution in [1.82, 2.24) is 10.3 Å². The first kappa shape index (κ1) is 16.7. The number of thiophene rings is 1. The van der Waals surface area contributed by atoms with Crippen molar-refractivity contribution in [2.75, 3.05) is 0 Å². The molecule has 1 aliphatic rings. The molecule has 0 aliphatic heterocycles. The molecule has 5 nitrogen and oxygen atoms in total. The highest BCUT2D eigenvalue weighted by Gasteiger charge is 2.46. The van der Waals surface area contributed by atoms with Crippen molar-refractivity contribution in [3.05, 3.63) is 28.3 Å². The Hall–Kier alpha value is -2.16. The van der Waals surface area contributed by atoms with Gasteiger partial charge in [0.1, 0.15) is 16.1 Å². The van der Waals surface area contributed by atoms with E-state index in [0.29, 0.717) is 30.2 Å². The highest BCUT2D eigenvalue weighted by atomic mass is 32.1. The molecule has 24 heavy (non-hydrogen) atoms. The number of nitrogens with zero attached hydrogens (tertiary/aromatic N) is 1. The van der Waals surface area contributed by atoms with Crippen LogP contribution in [0.5, 0.6) is 0 Å². The Labute approximate surface area is 138 Å². The van der Waals surface area contributed by atoms with Gasteiger partial charge in [-0.1, -0.05) is 0 Å². The zero-order chi connectivity index (χ0) is 17.7. The van der Waals surface area contributed by atoms with Crippen LogP contribution in [0.2, 0.25) is 0 Å². The molecule has 0 saturated heterocycles. The van der Waals surface area contributed by atoms with Gasteiger partial charge < -0.3 is 10.4 Å². The molecule has 0 bridgehead atoms. The third-order valence-electron chi connectivity index (χ3n) is 4.27. The van der Waals surface area contributed by atoms with Gasteiger partial charge in [-0.2, -0.15) is 13.2 Å². The van der Waals surface area contributed by atoms with Crippen molar-refractivity contribution >= 4 is 33.4 Å². The molecule has 128 valence electrons. The number of amides is 1. The van der Waals surface area contributed by atoms with Crippen LogP contribution in [-0.4, -0.2) is 27.5 Å². The van der Waals surface area contributed by atoms with E-state index in [0.717, 1.165) is 17.4 Å². The average Bonchev–Trinajstić information content (AvgIpc) is 2.78. The van der Waals surface area contributed by atoms with Crippen LogP contribution in [-0.2, 0) is 11.0 Å². The second-order valence-electron chi connectivity index (χ2n) is 5.80. The second kappa shape index (κ2) is 5.44. The van der Waals surface area contributed by atoms with E-state index in [4.69, 9.17) is 0 Å². The third kappa shape index (κ3) is 2.62. The van der Waals surface area contributed by atoms with Crippen LogP contribution in [0.1, 0.15) is 40.2 Å². The van der Waals surface area contributed by atoms with Crippen LogP contribution in [0.3, 0.4) is 0 Å². The molecular weight excluding hydrogens is 345 g/mol. The van der Waals surface area contributed by atoms with Crippen molar-refractivity contribution in [2.45, 2.75) is 37.9 Å². The SMILES string of the molecule is Cc1c(C(=O)NC2(C(=O)O)CCC2)sc2nc(C(F)(F)F)ccc12. The van der Waals surface area contributed by atoms with Crippen molar-refractivity contribution in [3.8, 4) is 0 Å². The number of carbonyl (C=O) groups is 2. The lowest BCUT2D eigenvalue weighted by Crippen LogP contribution is -2.59. The smallest absolute Gasteiger partial charge is 0.433 e. The molecule has 0 radical (unpaired) electrons. The van der Waals surface area contributed by atoms with Gasteiger partial charge in [-0.25, -0.2) is 9.78 Å². The van der Waals surface area contributed by atoms with Crippen LogP contribution in [0, 0.1) is 6.92 Å². The van der Waals surface area contributed by atoms with Crippen molar-refractivity contribution in [1.29, 1.82) is 0 Å². The van der Waals surface area contributed by atoms with E-state index < -0.39 is 29.3 Å². The number of aliphatic carboxylic acids is 1. The molecule has 0 unspecified atom stereocenters. The number of halogens is 3. The summed E-state index contributed by atoms with van der Waals surface area (Å²) in [5.41, 5.74) is -1.80. The molecule has 9 heteroatoms. The van der Waals surface area contributed by atoms with Crippen molar-refractivity contribution < 1.29 is 27.9 Å². The molecule has 3 rings (SSSR count). The number of nitrogens with one attached hydrogen (secondary N) is 1. The Bertz CT molecular complexity index is 840. The van der Waals surface area contributed by atoms with E-state index in [-0.39, 0.29) is 9.71 Å². The van der Waals surface area contributed by atoms with Gasteiger partial charge in [0.05, 0.1) is 4.88 Å². The molecule has 0 spiro atoms. The van der Waals surface area contributed by atoms with Gasteiger partial charge in [0.2, 0.25) is 0 Å². The summed E-state index contributed by atoms with van der Waals surface area (Å²) in [6, 6.07) is 2.15. The van der Waals surface area contributed by atoms with E-state index in [1.165, 1.54) is 6.07 Å². The number of fused-ring (bicyclic) bond motifs is 1. The van der Waals surface area contributed by atoms with Gasteiger partial charge in [0, 0.05) is 5.39 Å². The number of rotatable bonds is 3. The zero-order valence-corrected chi connectivity index (χ0v) is 13.3. The molecule has 2 aromatic rings. The monoisotopic (exact) mass is 358 g/mol. The molecule has 2 heterocycles. The van der Waals surface area contributed by atoms with Crippen LogP contribution >= 0.6 is 11.3 Å². The summed E-state index contributed by atoms with van der Waals surface area (Å²) in [4.78, 5) is 27.6. The molecule has 2 aromatic heterocycles. The highest BCUT2D eigenvalue weighted by Crippen LogP contribution is 2.36. The van der Waals surface area contributed by atoms with E-state index in [1.807, 2.05) is 0 Å². The van der Waals surface area contributed by atoms with Crippen LogP contribution in [0.4, 0.5) is 13.2 Å². The largest absolute Gasteiger partial charge is 0.480 e. The second-order valence-corrected chi connectivity index (χ2v) is 6.80. The fraction of sp³-hybridized carbons (Fsp3) is 0.400. The lowest BCUT2D eigenvalue weighted by molar-refractivity contribution is -0.148. The number of hydrogen-bond acceptors (Lipinski definition) is 4. The van der Waals surface area contributed by atoms with Crippen LogP contribution < -0.4 is 5.32 Å². The quantitative estimate of drug-likeness (QED) is 0.882. The molecule has 2 N–H and O–H groups in total. The summed E-state index contributed by atoms with van der Waals surface area (Å²) in [5.74, 6) is -1.69. The van der Waals surface area contributed by atoms with Gasteiger partial charge in [0.15, 0.2) is 0 Å². The molecule has 0 aromatic carbocycles. The Balaban J connectivity index is 1.96. The lowest BCUT2D eigenvalue weighted by atomic mass is 9.76. The molecule has 1 saturated carbocycles. The summed E-state index contributed by atoms with van der Waals surface area (Å²) >= 11 is 0.833. The van der Waals surface area contributed by atoms with E-state index in [9.17, 15) is 27.9 Å². The number of carboxylic acids is 1. The van der Waals surface area contributed by atoms with E-state index >= 15 is 0 Å². The summed E-state index contributed by atoms with van der Waals surface area (Å²) in [5, 5.41) is 12.2. The number of carboxylic acid groups (broad SMARTS) is 1. The fourth-order valence-corrected chi connectivity index (χ4v) is 3.75.